The molecule has 134 valence electrons. The molecule has 1 aliphatic rings. The molecule has 2 aromatic rings. The van der Waals surface area contributed by atoms with E-state index in [4.69, 9.17) is 4.74 Å². The number of nitrogens with one attached hydrogen (secondary N) is 1. The van der Waals surface area contributed by atoms with Gasteiger partial charge >= 0.3 is 0 Å². The lowest BCUT2D eigenvalue weighted by Crippen LogP contribution is -2.40. The highest BCUT2D eigenvalue weighted by molar-refractivity contribution is 5.40. The molecule has 6 heteroatoms. The zero-order valence-corrected chi connectivity index (χ0v) is 15.1. The zero-order chi connectivity index (χ0) is 17.5. The molecule has 3 rings (SSSR count). The van der Waals surface area contributed by atoms with Crippen LogP contribution in [0.15, 0.2) is 30.5 Å². The van der Waals surface area contributed by atoms with E-state index in [0.29, 0.717) is 6.04 Å². The third-order valence-electron chi connectivity index (χ3n) is 4.76. The minimum Gasteiger partial charge on any atom is -0.497 e. The van der Waals surface area contributed by atoms with E-state index < -0.39 is 0 Å². The Morgan fingerprint density at radius 1 is 1.32 bits per heavy atom. The van der Waals surface area contributed by atoms with Crippen molar-refractivity contribution in [2.24, 2.45) is 0 Å². The van der Waals surface area contributed by atoms with E-state index in [1.165, 1.54) is 24.8 Å². The quantitative estimate of drug-likeness (QED) is 0.834. The van der Waals surface area contributed by atoms with Crippen molar-refractivity contribution in [3.8, 4) is 5.75 Å². The van der Waals surface area contributed by atoms with E-state index in [-0.39, 0.29) is 0 Å². The van der Waals surface area contributed by atoms with E-state index >= 15 is 0 Å². The van der Waals surface area contributed by atoms with Gasteiger partial charge in [0, 0.05) is 19.1 Å². The lowest BCUT2D eigenvalue weighted by Gasteiger charge is -2.34. The SMILES string of the molecule is CCC1CCCCN1c1nncc(NCCc2cccc(OC)c2)n1. The largest absolute Gasteiger partial charge is 0.497 e. The van der Waals surface area contributed by atoms with Crippen LogP contribution in [0.3, 0.4) is 0 Å². The predicted octanol–water partition coefficient (Wildman–Crippen LogP) is 3.30. The van der Waals surface area contributed by atoms with Crippen LogP contribution in [0.2, 0.25) is 0 Å². The van der Waals surface area contributed by atoms with Crippen molar-refractivity contribution < 1.29 is 4.74 Å². The first-order valence-electron chi connectivity index (χ1n) is 9.13. The monoisotopic (exact) mass is 341 g/mol. The molecule has 0 bridgehead atoms. The van der Waals surface area contributed by atoms with Crippen LogP contribution in [0, 0.1) is 0 Å². The second kappa shape index (κ2) is 8.65. The summed E-state index contributed by atoms with van der Waals surface area (Å²) >= 11 is 0. The third-order valence-corrected chi connectivity index (χ3v) is 4.76. The molecule has 0 saturated carbocycles. The molecule has 1 saturated heterocycles. The van der Waals surface area contributed by atoms with E-state index in [1.807, 2.05) is 12.1 Å². The highest BCUT2D eigenvalue weighted by atomic mass is 16.5. The maximum absolute atomic E-state index is 5.27. The van der Waals surface area contributed by atoms with E-state index in [1.54, 1.807) is 13.3 Å². The highest BCUT2D eigenvalue weighted by Gasteiger charge is 2.23. The van der Waals surface area contributed by atoms with Gasteiger partial charge < -0.3 is 15.0 Å². The molecule has 1 atom stereocenters. The van der Waals surface area contributed by atoms with Gasteiger partial charge in [-0.25, -0.2) is 0 Å². The van der Waals surface area contributed by atoms with Gasteiger partial charge in [0.25, 0.3) is 0 Å². The number of hydrogen-bond donors (Lipinski definition) is 1. The fraction of sp³-hybridized carbons (Fsp3) is 0.526. The number of piperidine rings is 1. The van der Waals surface area contributed by atoms with Crippen molar-refractivity contribution in [3.63, 3.8) is 0 Å². The second-order valence-corrected chi connectivity index (χ2v) is 6.42. The topological polar surface area (TPSA) is 63.2 Å². The summed E-state index contributed by atoms with van der Waals surface area (Å²) in [5, 5.41) is 11.8. The Balaban J connectivity index is 1.59. The summed E-state index contributed by atoms with van der Waals surface area (Å²) in [6.45, 7) is 4.04. The van der Waals surface area contributed by atoms with Crippen molar-refractivity contribution in [1.29, 1.82) is 0 Å². The molecule has 0 aliphatic carbocycles. The Kier molecular flexibility index (Phi) is 6.04. The van der Waals surface area contributed by atoms with Crippen LogP contribution >= 0.6 is 0 Å². The van der Waals surface area contributed by atoms with Crippen LogP contribution in [0.5, 0.6) is 5.75 Å². The Morgan fingerprint density at radius 3 is 3.08 bits per heavy atom. The van der Waals surface area contributed by atoms with Crippen molar-refractivity contribution in [1.82, 2.24) is 15.2 Å². The van der Waals surface area contributed by atoms with Crippen molar-refractivity contribution in [2.75, 3.05) is 30.4 Å². The van der Waals surface area contributed by atoms with Gasteiger partial charge in [0.1, 0.15) is 5.75 Å². The first-order chi connectivity index (χ1) is 12.3. The molecular formula is C19H27N5O. The van der Waals surface area contributed by atoms with Crippen LogP contribution in [-0.4, -0.2) is 41.4 Å². The van der Waals surface area contributed by atoms with Crippen LogP contribution < -0.4 is 15.0 Å². The number of nitrogens with zero attached hydrogens (tertiary/aromatic N) is 4. The van der Waals surface area contributed by atoms with Gasteiger partial charge in [-0.2, -0.15) is 10.1 Å². The zero-order valence-electron chi connectivity index (χ0n) is 15.1. The molecule has 1 aromatic carbocycles. The molecule has 2 heterocycles. The average Bonchev–Trinajstić information content (AvgIpc) is 2.68. The fourth-order valence-electron chi connectivity index (χ4n) is 3.35. The molecule has 0 amide bonds. The van der Waals surface area contributed by atoms with Gasteiger partial charge in [0.05, 0.1) is 13.3 Å². The molecule has 1 unspecified atom stereocenters. The number of ether oxygens (including phenoxy) is 1. The molecule has 1 aliphatic heterocycles. The van der Waals surface area contributed by atoms with Crippen LogP contribution in [-0.2, 0) is 6.42 Å². The number of anilines is 2. The maximum atomic E-state index is 5.27. The summed E-state index contributed by atoms with van der Waals surface area (Å²) < 4.78 is 5.27. The molecule has 0 spiro atoms. The van der Waals surface area contributed by atoms with Crippen molar-refractivity contribution >= 4 is 11.8 Å². The standard InChI is InChI=1S/C19H27N5O/c1-3-16-8-4-5-12-24(16)19-22-18(14-21-23-19)20-11-10-15-7-6-9-17(13-15)25-2/h6-7,9,13-14,16H,3-5,8,10-12H2,1-2H3,(H,20,22,23). The molecule has 0 radical (unpaired) electrons. The number of benzene rings is 1. The van der Waals surface area contributed by atoms with Gasteiger partial charge in [0.15, 0.2) is 5.82 Å². The first-order valence-corrected chi connectivity index (χ1v) is 9.13. The lowest BCUT2D eigenvalue weighted by atomic mass is 10.0. The summed E-state index contributed by atoms with van der Waals surface area (Å²) in [4.78, 5) is 6.99. The van der Waals surface area contributed by atoms with Crippen molar-refractivity contribution in [2.45, 2.75) is 45.1 Å². The van der Waals surface area contributed by atoms with Crippen LogP contribution in [0.25, 0.3) is 0 Å². The van der Waals surface area contributed by atoms with E-state index in [2.05, 4.69) is 44.5 Å². The molecular weight excluding hydrogens is 314 g/mol. The second-order valence-electron chi connectivity index (χ2n) is 6.42. The number of hydrogen-bond acceptors (Lipinski definition) is 6. The summed E-state index contributed by atoms with van der Waals surface area (Å²) in [7, 11) is 1.69. The molecule has 1 N–H and O–H groups in total. The molecule has 1 fully saturated rings. The number of methoxy groups -OCH3 is 1. The Labute approximate surface area is 149 Å². The smallest absolute Gasteiger partial charge is 0.247 e. The molecule has 6 nitrogen and oxygen atoms in total. The summed E-state index contributed by atoms with van der Waals surface area (Å²) in [6, 6.07) is 8.67. The minimum atomic E-state index is 0.530. The Bertz CT molecular complexity index is 678. The highest BCUT2D eigenvalue weighted by Crippen LogP contribution is 2.23. The van der Waals surface area contributed by atoms with Gasteiger partial charge in [-0.05, 0) is 49.8 Å². The van der Waals surface area contributed by atoms with Gasteiger partial charge in [-0.1, -0.05) is 19.1 Å². The Morgan fingerprint density at radius 2 is 2.24 bits per heavy atom. The molecule has 25 heavy (non-hydrogen) atoms. The van der Waals surface area contributed by atoms with E-state index in [0.717, 1.165) is 43.4 Å². The summed E-state index contributed by atoms with van der Waals surface area (Å²) in [6.07, 6.45) is 7.43. The van der Waals surface area contributed by atoms with Crippen LogP contribution in [0.4, 0.5) is 11.8 Å². The minimum absolute atomic E-state index is 0.530. The number of aromatic nitrogens is 3. The van der Waals surface area contributed by atoms with E-state index in [9.17, 15) is 0 Å². The van der Waals surface area contributed by atoms with Gasteiger partial charge in [-0.3, -0.25) is 0 Å². The van der Waals surface area contributed by atoms with Crippen molar-refractivity contribution in [3.05, 3.63) is 36.0 Å². The Hall–Kier alpha value is -2.37. The van der Waals surface area contributed by atoms with Crippen LogP contribution in [0.1, 0.15) is 38.2 Å². The lowest BCUT2D eigenvalue weighted by molar-refractivity contribution is 0.414. The van der Waals surface area contributed by atoms with Gasteiger partial charge in [-0.15, -0.1) is 5.10 Å². The fourth-order valence-corrected chi connectivity index (χ4v) is 3.35. The predicted molar refractivity (Wildman–Crippen MR) is 100 cm³/mol. The maximum Gasteiger partial charge on any atom is 0.247 e. The third kappa shape index (κ3) is 4.59. The summed E-state index contributed by atoms with van der Waals surface area (Å²) in [5.41, 5.74) is 1.23. The summed E-state index contributed by atoms with van der Waals surface area (Å²) in [5.74, 6) is 2.42. The molecule has 1 aromatic heterocycles. The van der Waals surface area contributed by atoms with Gasteiger partial charge in [0.2, 0.25) is 5.95 Å². The number of rotatable bonds is 7. The normalized spacial score (nSPS) is 17.4. The first kappa shape index (κ1) is 17.5. The average molecular weight is 341 g/mol.